The Kier molecular flexibility index (Phi) is 6.41. The number of nitrogens with zero attached hydrogens (tertiary/aromatic N) is 1. The quantitative estimate of drug-likeness (QED) is 0.719. The second-order valence-electron chi connectivity index (χ2n) is 8.36. The highest BCUT2D eigenvalue weighted by Gasteiger charge is 2.47. The smallest absolute Gasteiger partial charge is 0.243 e. The van der Waals surface area contributed by atoms with Crippen molar-refractivity contribution >= 4 is 15.9 Å². The summed E-state index contributed by atoms with van der Waals surface area (Å²) in [5.74, 6) is 0.305. The average molecular weight is 412 g/mol. The molecule has 1 saturated heterocycles. The lowest BCUT2D eigenvalue weighted by atomic mass is 9.97. The monoisotopic (exact) mass is 411 g/mol. The maximum Gasteiger partial charge on any atom is 0.243 e. The molecule has 2 N–H and O–H groups in total. The van der Waals surface area contributed by atoms with Gasteiger partial charge in [0.25, 0.3) is 0 Å². The Morgan fingerprint density at radius 1 is 1.21 bits per heavy atom. The van der Waals surface area contributed by atoms with Crippen LogP contribution in [0.1, 0.15) is 33.1 Å². The molecular weight excluding hydrogens is 381 g/mol. The highest BCUT2D eigenvalue weighted by atomic mass is 32.2. The molecule has 0 radical (unpaired) electrons. The molecular formula is C20H30FN3O3S. The number of likely N-dealkylation sites (N-methyl/N-ethyl adjacent to an activating group) is 1. The van der Waals surface area contributed by atoms with Crippen LogP contribution in [0.15, 0.2) is 29.2 Å². The van der Waals surface area contributed by atoms with Gasteiger partial charge in [0.15, 0.2) is 0 Å². The van der Waals surface area contributed by atoms with Crippen LogP contribution in [0.5, 0.6) is 0 Å². The van der Waals surface area contributed by atoms with Crippen LogP contribution in [-0.4, -0.2) is 50.9 Å². The van der Waals surface area contributed by atoms with E-state index in [9.17, 15) is 17.6 Å². The first-order chi connectivity index (χ1) is 13.2. The topological polar surface area (TPSA) is 78.5 Å². The number of amides is 1. The lowest BCUT2D eigenvalue weighted by Crippen LogP contribution is -2.49. The highest BCUT2D eigenvalue weighted by molar-refractivity contribution is 7.89. The minimum Gasteiger partial charge on any atom is -0.352 e. The van der Waals surface area contributed by atoms with Crippen LogP contribution in [0.3, 0.4) is 0 Å². The van der Waals surface area contributed by atoms with Gasteiger partial charge in [0, 0.05) is 19.1 Å². The SMILES string of the molecule is CN[C@@H](CC(C)C)C(=O)N[C@@H]1CC[C@H]2CN(S(=O)(=O)c3ccc(F)cc3)C[C@H]21. The van der Waals surface area contributed by atoms with Crippen LogP contribution in [0.4, 0.5) is 4.39 Å². The molecule has 8 heteroatoms. The van der Waals surface area contributed by atoms with E-state index in [-0.39, 0.29) is 34.7 Å². The van der Waals surface area contributed by atoms with E-state index >= 15 is 0 Å². The van der Waals surface area contributed by atoms with Crippen LogP contribution >= 0.6 is 0 Å². The Morgan fingerprint density at radius 2 is 1.89 bits per heavy atom. The Morgan fingerprint density at radius 3 is 2.50 bits per heavy atom. The molecule has 1 amide bonds. The number of halogens is 1. The zero-order chi connectivity index (χ0) is 20.5. The first-order valence-electron chi connectivity index (χ1n) is 9.95. The second-order valence-corrected chi connectivity index (χ2v) is 10.3. The Hall–Kier alpha value is -1.51. The molecule has 3 rings (SSSR count). The molecule has 28 heavy (non-hydrogen) atoms. The molecule has 0 bridgehead atoms. The van der Waals surface area contributed by atoms with Crippen LogP contribution < -0.4 is 10.6 Å². The minimum absolute atomic E-state index is 0.00562. The third-order valence-electron chi connectivity index (χ3n) is 5.97. The average Bonchev–Trinajstić information content (AvgIpc) is 3.22. The number of rotatable bonds is 7. The van der Waals surface area contributed by atoms with E-state index in [4.69, 9.17) is 0 Å². The maximum atomic E-state index is 13.1. The van der Waals surface area contributed by atoms with Gasteiger partial charge in [-0.2, -0.15) is 4.31 Å². The molecule has 6 nitrogen and oxygen atoms in total. The van der Waals surface area contributed by atoms with Crippen molar-refractivity contribution in [2.75, 3.05) is 20.1 Å². The van der Waals surface area contributed by atoms with Gasteiger partial charge >= 0.3 is 0 Å². The Balaban J connectivity index is 1.66. The predicted octanol–water partition coefficient (Wildman–Crippen LogP) is 1.98. The van der Waals surface area contributed by atoms with E-state index in [1.807, 2.05) is 0 Å². The number of hydrogen-bond acceptors (Lipinski definition) is 4. The zero-order valence-electron chi connectivity index (χ0n) is 16.7. The van der Waals surface area contributed by atoms with E-state index in [1.165, 1.54) is 28.6 Å². The summed E-state index contributed by atoms with van der Waals surface area (Å²) < 4.78 is 40.4. The van der Waals surface area contributed by atoms with Crippen molar-refractivity contribution in [2.45, 2.75) is 50.1 Å². The summed E-state index contributed by atoms with van der Waals surface area (Å²) in [6.45, 7) is 5.01. The fourth-order valence-electron chi connectivity index (χ4n) is 4.47. The van der Waals surface area contributed by atoms with Gasteiger partial charge in [-0.3, -0.25) is 4.79 Å². The minimum atomic E-state index is -3.64. The van der Waals surface area contributed by atoms with Gasteiger partial charge < -0.3 is 10.6 Å². The van der Waals surface area contributed by atoms with Crippen molar-refractivity contribution in [1.82, 2.24) is 14.9 Å². The standard InChI is InChI=1S/C20H30FN3O3S/c1-13(2)10-19(22-3)20(25)23-18-9-4-14-11-24(12-17(14)18)28(26,27)16-7-5-15(21)6-8-16/h5-8,13-14,17-19,22H,4,9-12H2,1-3H3,(H,23,25)/t14-,17+,18+,19-/m0/s1. The molecule has 2 fully saturated rings. The van der Waals surface area contributed by atoms with Crippen LogP contribution in [0, 0.1) is 23.6 Å². The van der Waals surface area contributed by atoms with E-state index in [2.05, 4.69) is 24.5 Å². The number of sulfonamides is 1. The van der Waals surface area contributed by atoms with Crippen molar-refractivity contribution in [3.8, 4) is 0 Å². The summed E-state index contributed by atoms with van der Waals surface area (Å²) in [7, 11) is -1.86. The first-order valence-corrected chi connectivity index (χ1v) is 11.4. The third kappa shape index (κ3) is 4.39. The van der Waals surface area contributed by atoms with Gasteiger partial charge in [0.1, 0.15) is 5.82 Å². The molecule has 0 aromatic heterocycles. The number of hydrogen-bond donors (Lipinski definition) is 2. The molecule has 1 aromatic carbocycles. The summed E-state index contributed by atoms with van der Waals surface area (Å²) in [5, 5.41) is 6.23. The molecule has 1 heterocycles. The first kappa shape index (κ1) is 21.2. The summed E-state index contributed by atoms with van der Waals surface area (Å²) in [6.07, 6.45) is 2.54. The Bertz CT molecular complexity index is 797. The summed E-state index contributed by atoms with van der Waals surface area (Å²) in [6, 6.07) is 4.70. The van der Waals surface area contributed by atoms with E-state index in [0.717, 1.165) is 19.3 Å². The predicted molar refractivity (Wildman–Crippen MR) is 106 cm³/mol. The van der Waals surface area contributed by atoms with Crippen molar-refractivity contribution in [3.05, 3.63) is 30.1 Å². The van der Waals surface area contributed by atoms with Gasteiger partial charge in [-0.15, -0.1) is 0 Å². The Labute approximate surface area is 166 Å². The summed E-state index contributed by atoms with van der Waals surface area (Å²) in [4.78, 5) is 12.8. The van der Waals surface area contributed by atoms with Gasteiger partial charge in [-0.1, -0.05) is 13.8 Å². The molecule has 1 aliphatic heterocycles. The van der Waals surface area contributed by atoms with Crippen LogP contribution in [0.25, 0.3) is 0 Å². The van der Waals surface area contributed by atoms with E-state index < -0.39 is 15.8 Å². The van der Waals surface area contributed by atoms with Crippen LogP contribution in [0.2, 0.25) is 0 Å². The maximum absolute atomic E-state index is 13.1. The number of carbonyl (C=O) groups excluding carboxylic acids is 1. The molecule has 1 aliphatic carbocycles. The number of nitrogens with one attached hydrogen (secondary N) is 2. The van der Waals surface area contributed by atoms with Gasteiger partial charge in [-0.05, 0) is 68.3 Å². The van der Waals surface area contributed by atoms with Gasteiger partial charge in [-0.25, -0.2) is 12.8 Å². The summed E-state index contributed by atoms with van der Waals surface area (Å²) in [5.41, 5.74) is 0. The number of fused-ring (bicyclic) bond motifs is 1. The van der Waals surface area contributed by atoms with Crippen molar-refractivity contribution in [1.29, 1.82) is 0 Å². The van der Waals surface area contributed by atoms with Crippen molar-refractivity contribution in [3.63, 3.8) is 0 Å². The van der Waals surface area contributed by atoms with Crippen molar-refractivity contribution < 1.29 is 17.6 Å². The molecule has 156 valence electrons. The lowest BCUT2D eigenvalue weighted by molar-refractivity contribution is -0.124. The molecule has 1 saturated carbocycles. The lowest BCUT2D eigenvalue weighted by Gasteiger charge is -2.25. The van der Waals surface area contributed by atoms with E-state index in [1.54, 1.807) is 7.05 Å². The largest absolute Gasteiger partial charge is 0.352 e. The molecule has 1 aromatic rings. The van der Waals surface area contributed by atoms with Gasteiger partial charge in [0.05, 0.1) is 10.9 Å². The number of carbonyl (C=O) groups is 1. The molecule has 4 atom stereocenters. The number of benzene rings is 1. The fraction of sp³-hybridized carbons (Fsp3) is 0.650. The zero-order valence-corrected chi connectivity index (χ0v) is 17.5. The fourth-order valence-corrected chi connectivity index (χ4v) is 6.00. The van der Waals surface area contributed by atoms with Crippen LogP contribution in [-0.2, 0) is 14.8 Å². The van der Waals surface area contributed by atoms with Gasteiger partial charge in [0.2, 0.25) is 15.9 Å². The van der Waals surface area contributed by atoms with Crippen molar-refractivity contribution in [2.24, 2.45) is 17.8 Å². The normalized spacial score (nSPS) is 26.4. The third-order valence-corrected chi connectivity index (χ3v) is 7.82. The highest BCUT2D eigenvalue weighted by Crippen LogP contribution is 2.40. The summed E-state index contributed by atoms with van der Waals surface area (Å²) >= 11 is 0. The molecule has 0 unspecified atom stereocenters. The molecule has 2 aliphatic rings. The van der Waals surface area contributed by atoms with E-state index in [0.29, 0.717) is 19.0 Å². The molecule has 0 spiro atoms. The second kappa shape index (κ2) is 8.47.